The molecule has 0 amide bonds. The maximum Gasteiger partial charge on any atom is 0.123 e. The number of aromatic amines is 1. The highest BCUT2D eigenvalue weighted by molar-refractivity contribution is 5.85. The molecular weight excluding hydrogens is 265 g/mol. The summed E-state index contributed by atoms with van der Waals surface area (Å²) in [6.07, 6.45) is 2.40. The van der Waals surface area contributed by atoms with Crippen LogP contribution >= 0.6 is 12.4 Å². The predicted molar refractivity (Wildman–Crippen MR) is 76.1 cm³/mol. The molecule has 0 saturated carbocycles. The van der Waals surface area contributed by atoms with Crippen LogP contribution in [0.4, 0.5) is 4.39 Å². The minimum atomic E-state index is -0.217. The minimum Gasteiger partial charge on any atom is -0.316 e. The average Bonchev–Trinajstić information content (AvgIpc) is 2.90. The van der Waals surface area contributed by atoms with E-state index in [0.29, 0.717) is 5.92 Å². The Labute approximate surface area is 118 Å². The highest BCUT2D eigenvalue weighted by atomic mass is 35.5. The molecule has 2 N–H and O–H groups in total. The Balaban J connectivity index is 0.00000133. The van der Waals surface area contributed by atoms with Crippen molar-refractivity contribution >= 4 is 12.4 Å². The Morgan fingerprint density at radius 3 is 2.68 bits per heavy atom. The normalized spacial score (nSPS) is 18.9. The van der Waals surface area contributed by atoms with E-state index in [2.05, 4.69) is 21.6 Å². The second-order valence-electron chi connectivity index (χ2n) is 4.76. The van der Waals surface area contributed by atoms with Crippen LogP contribution in [0.15, 0.2) is 30.3 Å². The third-order valence-electron chi connectivity index (χ3n) is 3.47. The van der Waals surface area contributed by atoms with Gasteiger partial charge in [-0.2, -0.15) is 5.10 Å². The van der Waals surface area contributed by atoms with E-state index in [0.717, 1.165) is 24.3 Å². The van der Waals surface area contributed by atoms with Crippen LogP contribution in [0.3, 0.4) is 0 Å². The van der Waals surface area contributed by atoms with Crippen LogP contribution in [-0.4, -0.2) is 23.3 Å². The van der Waals surface area contributed by atoms with Crippen LogP contribution in [0.2, 0.25) is 0 Å². The van der Waals surface area contributed by atoms with Gasteiger partial charge in [-0.1, -0.05) is 0 Å². The lowest BCUT2D eigenvalue weighted by atomic mass is 9.96. The second kappa shape index (κ2) is 6.17. The van der Waals surface area contributed by atoms with Gasteiger partial charge >= 0.3 is 0 Å². The van der Waals surface area contributed by atoms with Crippen LogP contribution in [0.5, 0.6) is 0 Å². The zero-order valence-electron chi connectivity index (χ0n) is 10.5. The lowest BCUT2D eigenvalue weighted by Crippen LogP contribution is -2.28. The highest BCUT2D eigenvalue weighted by Gasteiger charge is 2.17. The van der Waals surface area contributed by atoms with E-state index in [1.165, 1.54) is 30.7 Å². The van der Waals surface area contributed by atoms with Crippen LogP contribution < -0.4 is 5.32 Å². The SMILES string of the molecule is Cl.Fc1ccc(-c2cc(C3CCCNC3)[nH]n2)cc1. The molecule has 1 aliphatic rings. The topological polar surface area (TPSA) is 40.7 Å². The molecule has 0 radical (unpaired) electrons. The summed E-state index contributed by atoms with van der Waals surface area (Å²) < 4.78 is 12.9. The lowest BCUT2D eigenvalue weighted by molar-refractivity contribution is 0.454. The largest absolute Gasteiger partial charge is 0.316 e. The lowest BCUT2D eigenvalue weighted by Gasteiger charge is -2.21. The molecule has 3 nitrogen and oxygen atoms in total. The summed E-state index contributed by atoms with van der Waals surface area (Å²) in [7, 11) is 0. The molecule has 0 aliphatic carbocycles. The predicted octanol–water partition coefficient (Wildman–Crippen LogP) is 3.10. The summed E-state index contributed by atoms with van der Waals surface area (Å²) in [6.45, 7) is 2.11. The summed E-state index contributed by atoms with van der Waals surface area (Å²) in [5.41, 5.74) is 3.00. The number of hydrogen-bond acceptors (Lipinski definition) is 2. The zero-order valence-corrected chi connectivity index (χ0v) is 11.3. The molecule has 5 heteroatoms. The number of aromatic nitrogens is 2. The Kier molecular flexibility index (Phi) is 4.56. The smallest absolute Gasteiger partial charge is 0.123 e. The number of H-pyrrole nitrogens is 1. The number of benzene rings is 1. The molecule has 0 bridgehead atoms. The van der Waals surface area contributed by atoms with E-state index in [9.17, 15) is 4.39 Å². The minimum absolute atomic E-state index is 0. The molecule has 2 heterocycles. The molecule has 3 rings (SSSR count). The van der Waals surface area contributed by atoms with Crippen molar-refractivity contribution < 1.29 is 4.39 Å². The molecule has 0 spiro atoms. The van der Waals surface area contributed by atoms with Gasteiger partial charge < -0.3 is 5.32 Å². The van der Waals surface area contributed by atoms with Crippen molar-refractivity contribution in [3.05, 3.63) is 41.8 Å². The molecule has 1 saturated heterocycles. The van der Waals surface area contributed by atoms with Gasteiger partial charge in [-0.3, -0.25) is 5.10 Å². The van der Waals surface area contributed by atoms with Crippen LogP contribution in [0.25, 0.3) is 11.3 Å². The van der Waals surface area contributed by atoms with Crippen molar-refractivity contribution in [1.82, 2.24) is 15.5 Å². The number of halogens is 2. The summed E-state index contributed by atoms with van der Waals surface area (Å²) in [4.78, 5) is 0. The molecule has 19 heavy (non-hydrogen) atoms. The molecular formula is C14H17ClFN3. The summed E-state index contributed by atoms with van der Waals surface area (Å²) >= 11 is 0. The molecule has 1 aromatic heterocycles. The molecule has 2 aromatic rings. The van der Waals surface area contributed by atoms with Gasteiger partial charge in [0.25, 0.3) is 0 Å². The van der Waals surface area contributed by atoms with Gasteiger partial charge in [-0.05, 0) is 49.7 Å². The first-order valence-corrected chi connectivity index (χ1v) is 6.35. The average molecular weight is 282 g/mol. The molecule has 1 aromatic carbocycles. The fourth-order valence-electron chi connectivity index (χ4n) is 2.43. The van der Waals surface area contributed by atoms with Gasteiger partial charge in [0, 0.05) is 23.7 Å². The number of nitrogens with zero attached hydrogens (tertiary/aromatic N) is 1. The van der Waals surface area contributed by atoms with E-state index < -0.39 is 0 Å². The number of rotatable bonds is 2. The van der Waals surface area contributed by atoms with E-state index in [4.69, 9.17) is 0 Å². The van der Waals surface area contributed by atoms with Crippen LogP contribution in [0, 0.1) is 5.82 Å². The fraction of sp³-hybridized carbons (Fsp3) is 0.357. The van der Waals surface area contributed by atoms with Gasteiger partial charge in [-0.25, -0.2) is 4.39 Å². The van der Waals surface area contributed by atoms with Crippen molar-refractivity contribution in [1.29, 1.82) is 0 Å². The van der Waals surface area contributed by atoms with Crippen LogP contribution in [0.1, 0.15) is 24.5 Å². The van der Waals surface area contributed by atoms with Crippen LogP contribution in [-0.2, 0) is 0 Å². The fourth-order valence-corrected chi connectivity index (χ4v) is 2.43. The van der Waals surface area contributed by atoms with E-state index >= 15 is 0 Å². The summed E-state index contributed by atoms with van der Waals surface area (Å²) in [6, 6.07) is 8.52. The van der Waals surface area contributed by atoms with Gasteiger partial charge in [0.2, 0.25) is 0 Å². The number of piperidine rings is 1. The quantitative estimate of drug-likeness (QED) is 0.888. The van der Waals surface area contributed by atoms with Crippen molar-refractivity contribution in [2.45, 2.75) is 18.8 Å². The monoisotopic (exact) mass is 281 g/mol. The maximum absolute atomic E-state index is 12.9. The highest BCUT2D eigenvalue weighted by Crippen LogP contribution is 2.25. The Bertz CT molecular complexity index is 518. The standard InChI is InChI=1S/C14H16FN3.ClH/c15-12-5-3-10(4-6-12)13-8-14(18-17-13)11-2-1-7-16-9-11;/h3-6,8,11,16H,1-2,7,9H2,(H,17,18);1H. The third kappa shape index (κ3) is 3.14. The van der Waals surface area contributed by atoms with Gasteiger partial charge in [0.15, 0.2) is 0 Å². The third-order valence-corrected chi connectivity index (χ3v) is 3.47. The molecule has 1 unspecified atom stereocenters. The number of nitrogens with one attached hydrogen (secondary N) is 2. The Hall–Kier alpha value is -1.39. The molecule has 1 atom stereocenters. The van der Waals surface area contributed by atoms with Gasteiger partial charge in [-0.15, -0.1) is 12.4 Å². The Morgan fingerprint density at radius 2 is 2.00 bits per heavy atom. The van der Waals surface area contributed by atoms with Gasteiger partial charge in [0.1, 0.15) is 5.82 Å². The van der Waals surface area contributed by atoms with Gasteiger partial charge in [0.05, 0.1) is 5.69 Å². The summed E-state index contributed by atoms with van der Waals surface area (Å²) in [5.74, 6) is 0.298. The maximum atomic E-state index is 12.9. The number of hydrogen-bond donors (Lipinski definition) is 2. The first kappa shape index (κ1) is 14.0. The molecule has 102 valence electrons. The van der Waals surface area contributed by atoms with Crippen molar-refractivity contribution in [2.75, 3.05) is 13.1 Å². The van der Waals surface area contributed by atoms with Crippen molar-refractivity contribution in [3.63, 3.8) is 0 Å². The first-order chi connectivity index (χ1) is 8.83. The first-order valence-electron chi connectivity index (χ1n) is 6.35. The molecule has 1 aliphatic heterocycles. The summed E-state index contributed by atoms with van der Waals surface area (Å²) in [5, 5.41) is 10.8. The van der Waals surface area contributed by atoms with Crippen molar-refractivity contribution in [2.24, 2.45) is 0 Å². The molecule has 1 fully saturated rings. The second-order valence-corrected chi connectivity index (χ2v) is 4.76. The van der Waals surface area contributed by atoms with E-state index in [-0.39, 0.29) is 18.2 Å². The Morgan fingerprint density at radius 1 is 1.21 bits per heavy atom. The van der Waals surface area contributed by atoms with E-state index in [1.807, 2.05) is 0 Å². The van der Waals surface area contributed by atoms with Crippen molar-refractivity contribution in [3.8, 4) is 11.3 Å². The van der Waals surface area contributed by atoms with E-state index in [1.54, 1.807) is 12.1 Å². The zero-order chi connectivity index (χ0) is 12.4.